The lowest BCUT2D eigenvalue weighted by molar-refractivity contribution is -0.225. The average molecular weight is 247 g/mol. The minimum absolute atomic E-state index is 0.512. The van der Waals surface area contributed by atoms with Gasteiger partial charge in [-0.15, -0.1) is 0 Å². The van der Waals surface area contributed by atoms with Gasteiger partial charge >= 0.3 is 12.1 Å². The lowest BCUT2D eigenvalue weighted by Gasteiger charge is -2.23. The Bertz CT molecular complexity index is 368. The first kappa shape index (κ1) is 14.3. The fraction of sp³-hybridized carbons (Fsp3) is 0.429. The molecule has 0 aliphatic carbocycles. The number of carboxylic acid groups (broad SMARTS) is 1. The summed E-state index contributed by atoms with van der Waals surface area (Å²) in [7, 11) is 0. The van der Waals surface area contributed by atoms with E-state index in [1.54, 1.807) is 0 Å². The zero-order valence-corrected chi connectivity index (χ0v) is 7.28. The van der Waals surface area contributed by atoms with E-state index >= 15 is 0 Å². The second-order valence-corrected chi connectivity index (χ2v) is 2.54. The van der Waals surface area contributed by atoms with Gasteiger partial charge in [-0.1, -0.05) is 0 Å². The Hall–Kier alpha value is -1.72. The summed E-state index contributed by atoms with van der Waals surface area (Å²) in [6, 6.07) is 0.512. The third-order valence-corrected chi connectivity index (χ3v) is 1.53. The Morgan fingerprint density at radius 3 is 1.94 bits per heavy atom. The maximum atomic E-state index is 12.9. The molecule has 0 fully saturated rings. The molecule has 1 unspecified atom stereocenters. The van der Waals surface area contributed by atoms with E-state index in [1.807, 2.05) is 0 Å². The van der Waals surface area contributed by atoms with Crippen LogP contribution in [0.3, 0.4) is 0 Å². The van der Waals surface area contributed by atoms with Gasteiger partial charge in [-0.3, -0.25) is 0 Å². The molecule has 0 radical (unpaired) electrons. The van der Waals surface area contributed by atoms with Crippen LogP contribution >= 0.6 is 0 Å². The molecule has 16 heavy (non-hydrogen) atoms. The number of rotatable bonds is 3. The van der Waals surface area contributed by atoms with Crippen LogP contribution < -0.4 is 0 Å². The zero-order chi connectivity index (χ0) is 13.1. The van der Waals surface area contributed by atoms with Crippen molar-refractivity contribution >= 4 is 5.97 Å². The first-order valence-electron chi connectivity index (χ1n) is 3.47. The van der Waals surface area contributed by atoms with Gasteiger partial charge in [-0.25, -0.2) is 18.0 Å². The largest absolute Gasteiger partial charge is 0.477 e. The minimum atomic E-state index is -6.00. The number of halogens is 6. The van der Waals surface area contributed by atoms with E-state index in [-0.39, 0.29) is 0 Å². The zero-order valence-electron chi connectivity index (χ0n) is 7.28. The predicted octanol–water partition coefficient (Wildman–Crippen LogP) is 2.06. The number of nitrogens with zero attached hydrogens (tertiary/aromatic N) is 1. The van der Waals surface area contributed by atoms with E-state index in [0.717, 1.165) is 0 Å². The monoisotopic (exact) mass is 247 g/mol. The highest BCUT2D eigenvalue weighted by atomic mass is 19.4. The summed E-state index contributed by atoms with van der Waals surface area (Å²) < 4.78 is 73.3. The molecule has 1 atom stereocenters. The second-order valence-electron chi connectivity index (χ2n) is 2.54. The van der Waals surface area contributed by atoms with E-state index in [0.29, 0.717) is 6.07 Å². The first-order chi connectivity index (χ1) is 7.11. The Labute approximate surface area is 84.6 Å². The number of carboxylic acids is 1. The van der Waals surface area contributed by atoms with Crippen LogP contribution in [0.15, 0.2) is 11.4 Å². The van der Waals surface area contributed by atoms with Crippen molar-refractivity contribution in [3.63, 3.8) is 0 Å². The van der Waals surface area contributed by atoms with E-state index in [2.05, 4.69) is 0 Å². The van der Waals surface area contributed by atoms with E-state index < -0.39 is 35.9 Å². The van der Waals surface area contributed by atoms with E-state index in [4.69, 9.17) is 10.4 Å². The van der Waals surface area contributed by atoms with Gasteiger partial charge < -0.3 is 5.11 Å². The third-order valence-electron chi connectivity index (χ3n) is 1.53. The number of hydrogen-bond donors (Lipinski definition) is 1. The third kappa shape index (κ3) is 2.26. The Balaban J connectivity index is 5.80. The molecular formula is C7H3F6NO2. The molecule has 0 aliphatic heterocycles. The van der Waals surface area contributed by atoms with Gasteiger partial charge in [0.05, 0.1) is 0 Å². The molecule has 0 aromatic carbocycles. The molecule has 0 amide bonds. The van der Waals surface area contributed by atoms with Crippen LogP contribution in [0.2, 0.25) is 0 Å². The SMILES string of the molecule is N#CC(C(=O)O)=C(F)C(F)(CF)C(F)(F)F. The number of alkyl halides is 5. The standard InChI is InChI=1S/C7H3F6NO2/c8-2-6(10,7(11,12)13)4(9)3(1-14)5(15)16/h2H2,(H,15,16). The maximum Gasteiger partial charge on any atom is 0.431 e. The van der Waals surface area contributed by atoms with Crippen LogP contribution in [0.1, 0.15) is 0 Å². The van der Waals surface area contributed by atoms with Crippen molar-refractivity contribution < 1.29 is 36.2 Å². The van der Waals surface area contributed by atoms with Crippen molar-refractivity contribution in [2.24, 2.45) is 0 Å². The average Bonchev–Trinajstić information content (AvgIpc) is 2.14. The number of hydrogen-bond acceptors (Lipinski definition) is 2. The Morgan fingerprint density at radius 1 is 1.31 bits per heavy atom. The Morgan fingerprint density at radius 2 is 1.75 bits per heavy atom. The van der Waals surface area contributed by atoms with Gasteiger partial charge in [0, 0.05) is 0 Å². The van der Waals surface area contributed by atoms with Gasteiger partial charge in [0.2, 0.25) is 0 Å². The Kier molecular flexibility index (Phi) is 3.95. The molecule has 1 N–H and O–H groups in total. The minimum Gasteiger partial charge on any atom is -0.477 e. The summed E-state index contributed by atoms with van der Waals surface area (Å²) in [4.78, 5) is 10.1. The summed E-state index contributed by atoms with van der Waals surface area (Å²) in [6.07, 6.45) is -6.00. The summed E-state index contributed by atoms with van der Waals surface area (Å²) in [5.41, 5.74) is -7.24. The number of allylic oxidation sites excluding steroid dienone is 1. The lowest BCUT2D eigenvalue weighted by atomic mass is 10.0. The molecule has 0 rings (SSSR count). The summed E-state index contributed by atoms with van der Waals surface area (Å²) in [5, 5.41) is 16.1. The smallest absolute Gasteiger partial charge is 0.431 e. The lowest BCUT2D eigenvalue weighted by Crippen LogP contribution is -2.44. The molecule has 3 nitrogen and oxygen atoms in total. The number of carbonyl (C=O) groups is 1. The molecular weight excluding hydrogens is 244 g/mol. The first-order valence-corrected chi connectivity index (χ1v) is 3.47. The molecule has 0 heterocycles. The summed E-state index contributed by atoms with van der Waals surface area (Å²) in [5.74, 6) is -5.42. The maximum absolute atomic E-state index is 12.9. The van der Waals surface area contributed by atoms with E-state index in [9.17, 15) is 31.1 Å². The highest BCUT2D eigenvalue weighted by molar-refractivity contribution is 5.92. The van der Waals surface area contributed by atoms with E-state index in [1.165, 1.54) is 0 Å². The molecule has 0 saturated carbocycles. The topological polar surface area (TPSA) is 61.1 Å². The molecule has 0 bridgehead atoms. The van der Waals surface area contributed by atoms with Gasteiger partial charge in [0.25, 0.3) is 5.67 Å². The van der Waals surface area contributed by atoms with Gasteiger partial charge in [-0.05, 0) is 0 Å². The van der Waals surface area contributed by atoms with Crippen LogP contribution in [-0.4, -0.2) is 29.6 Å². The second kappa shape index (κ2) is 4.42. The molecule has 0 saturated heterocycles. The summed E-state index contributed by atoms with van der Waals surface area (Å²) in [6.45, 7) is -2.86. The van der Waals surface area contributed by atoms with Crippen LogP contribution in [0, 0.1) is 11.3 Å². The highest BCUT2D eigenvalue weighted by Crippen LogP contribution is 2.41. The van der Waals surface area contributed by atoms with Gasteiger partial charge in [-0.2, -0.15) is 18.4 Å². The van der Waals surface area contributed by atoms with Crippen LogP contribution in [0.5, 0.6) is 0 Å². The normalized spacial score (nSPS) is 17.1. The quantitative estimate of drug-likeness (QED) is 0.471. The van der Waals surface area contributed by atoms with Crippen molar-refractivity contribution in [3.8, 4) is 6.07 Å². The van der Waals surface area contributed by atoms with Gasteiger partial charge in [0.1, 0.15) is 12.7 Å². The molecule has 0 aromatic rings. The fourth-order valence-corrected chi connectivity index (χ4v) is 0.648. The summed E-state index contributed by atoms with van der Waals surface area (Å²) >= 11 is 0. The van der Waals surface area contributed by atoms with Crippen molar-refractivity contribution in [1.29, 1.82) is 5.26 Å². The van der Waals surface area contributed by atoms with Crippen LogP contribution in [0.25, 0.3) is 0 Å². The predicted molar refractivity (Wildman–Crippen MR) is 37.3 cm³/mol. The van der Waals surface area contributed by atoms with Crippen molar-refractivity contribution in [2.75, 3.05) is 6.67 Å². The van der Waals surface area contributed by atoms with Crippen molar-refractivity contribution in [3.05, 3.63) is 11.4 Å². The molecule has 0 aromatic heterocycles. The molecule has 0 aliphatic rings. The molecule has 0 spiro atoms. The van der Waals surface area contributed by atoms with Crippen LogP contribution in [0.4, 0.5) is 26.3 Å². The molecule has 90 valence electrons. The van der Waals surface area contributed by atoms with Gasteiger partial charge in [0.15, 0.2) is 11.4 Å². The van der Waals surface area contributed by atoms with Crippen LogP contribution in [-0.2, 0) is 4.79 Å². The number of aliphatic carboxylic acids is 1. The fourth-order valence-electron chi connectivity index (χ4n) is 0.648. The molecule has 9 heteroatoms. The van der Waals surface area contributed by atoms with Crippen molar-refractivity contribution in [1.82, 2.24) is 0 Å². The highest BCUT2D eigenvalue weighted by Gasteiger charge is 2.61. The number of nitriles is 1. The van der Waals surface area contributed by atoms with Crippen molar-refractivity contribution in [2.45, 2.75) is 11.8 Å².